The van der Waals surface area contributed by atoms with E-state index in [-0.39, 0.29) is 0 Å². The summed E-state index contributed by atoms with van der Waals surface area (Å²) < 4.78 is 2.42. The topological polar surface area (TPSA) is 43.6 Å². The van der Waals surface area contributed by atoms with Crippen LogP contribution < -0.4 is 20.7 Å². The van der Waals surface area contributed by atoms with Gasteiger partial charge in [0.15, 0.2) is 25.5 Å². The molecule has 0 aliphatic rings. The molecule has 4 nitrogen and oxygen atoms in total. The van der Waals surface area contributed by atoms with Crippen molar-refractivity contribution in [2.75, 3.05) is 0 Å². The zero-order chi connectivity index (χ0) is 37.3. The zero-order valence-corrected chi connectivity index (χ0v) is 31.6. The SMILES string of the molecule is c1ccc(-c2nc(-c3ccccc3)nc(-c3cccc([Si](c4ccccc4)(c4ccccc4)c4cccc(-n5c6ccccc6c6ccccc65)c4)c3)n2)cc1. The summed E-state index contributed by atoms with van der Waals surface area (Å²) in [5.41, 5.74) is 6.36. The van der Waals surface area contributed by atoms with Crippen molar-refractivity contribution in [3.05, 3.63) is 218 Å². The van der Waals surface area contributed by atoms with E-state index < -0.39 is 8.07 Å². The number of para-hydroxylation sites is 2. The Bertz CT molecular complexity index is 2810. The molecule has 8 aromatic carbocycles. The number of rotatable bonds is 8. The van der Waals surface area contributed by atoms with Crippen molar-refractivity contribution in [1.82, 2.24) is 19.5 Å². The highest BCUT2D eigenvalue weighted by molar-refractivity contribution is 7.20. The van der Waals surface area contributed by atoms with Crippen molar-refractivity contribution in [3.8, 4) is 39.9 Å². The van der Waals surface area contributed by atoms with Gasteiger partial charge in [0.1, 0.15) is 0 Å². The summed E-state index contributed by atoms with van der Waals surface area (Å²) in [6.45, 7) is 0. The smallest absolute Gasteiger partial charge is 0.179 e. The molecule has 0 unspecified atom stereocenters. The molecule has 10 rings (SSSR count). The summed E-state index contributed by atoms with van der Waals surface area (Å²) in [7, 11) is -2.98. The van der Waals surface area contributed by atoms with Crippen LogP contribution in [0.25, 0.3) is 61.7 Å². The first-order valence-corrected chi connectivity index (χ1v) is 21.0. The molecule has 0 bridgehead atoms. The Labute approximate surface area is 327 Å². The Morgan fingerprint density at radius 1 is 0.304 bits per heavy atom. The highest BCUT2D eigenvalue weighted by Crippen LogP contribution is 2.32. The Morgan fingerprint density at radius 2 is 0.679 bits per heavy atom. The third kappa shape index (κ3) is 5.73. The minimum absolute atomic E-state index is 0.641. The molecular formula is C51H36N4Si. The Hall–Kier alpha value is -7.21. The van der Waals surface area contributed by atoms with Crippen LogP contribution >= 0.6 is 0 Å². The molecule has 2 aromatic heterocycles. The average molecular weight is 733 g/mol. The van der Waals surface area contributed by atoms with Gasteiger partial charge in [-0.2, -0.15) is 0 Å². The first-order chi connectivity index (χ1) is 27.8. The molecule has 0 atom stereocenters. The second-order valence-corrected chi connectivity index (χ2v) is 17.8. The fourth-order valence-corrected chi connectivity index (χ4v) is 13.1. The number of nitrogens with zero attached hydrogens (tertiary/aromatic N) is 4. The predicted octanol–water partition coefficient (Wildman–Crippen LogP) is 9.35. The molecular weight excluding hydrogens is 697 g/mol. The molecule has 264 valence electrons. The molecule has 0 radical (unpaired) electrons. The van der Waals surface area contributed by atoms with Crippen LogP contribution in [-0.4, -0.2) is 27.6 Å². The number of hydrogen-bond donors (Lipinski definition) is 0. The summed E-state index contributed by atoms with van der Waals surface area (Å²) in [6, 6.07) is 78.1. The maximum absolute atomic E-state index is 5.14. The van der Waals surface area contributed by atoms with Crippen LogP contribution in [-0.2, 0) is 0 Å². The maximum atomic E-state index is 5.14. The van der Waals surface area contributed by atoms with E-state index in [1.54, 1.807) is 0 Å². The van der Waals surface area contributed by atoms with E-state index in [9.17, 15) is 0 Å². The highest BCUT2D eigenvalue weighted by atomic mass is 28.3. The van der Waals surface area contributed by atoms with Crippen LogP contribution in [0, 0.1) is 0 Å². The van der Waals surface area contributed by atoms with Gasteiger partial charge in [0.05, 0.1) is 11.0 Å². The summed E-state index contributed by atoms with van der Waals surface area (Å²) in [6.07, 6.45) is 0. The molecule has 0 N–H and O–H groups in total. The fraction of sp³-hybridized carbons (Fsp3) is 0. The van der Waals surface area contributed by atoms with E-state index in [0.717, 1.165) is 22.4 Å². The fourth-order valence-electron chi connectivity index (χ4n) is 8.28. The molecule has 0 amide bonds. The van der Waals surface area contributed by atoms with Gasteiger partial charge in [0, 0.05) is 33.2 Å². The third-order valence-corrected chi connectivity index (χ3v) is 15.5. The van der Waals surface area contributed by atoms with Crippen LogP contribution in [0.1, 0.15) is 0 Å². The van der Waals surface area contributed by atoms with Crippen molar-refractivity contribution in [3.63, 3.8) is 0 Å². The second-order valence-electron chi connectivity index (χ2n) is 14.0. The summed E-state index contributed by atoms with van der Waals surface area (Å²) in [5.74, 6) is 1.93. The van der Waals surface area contributed by atoms with Crippen LogP contribution in [0.2, 0.25) is 0 Å². The number of fused-ring (bicyclic) bond motifs is 3. The van der Waals surface area contributed by atoms with Crippen LogP contribution in [0.15, 0.2) is 218 Å². The maximum Gasteiger partial charge on any atom is 0.179 e. The highest BCUT2D eigenvalue weighted by Gasteiger charge is 2.42. The van der Waals surface area contributed by atoms with E-state index in [4.69, 9.17) is 15.0 Å². The predicted molar refractivity (Wildman–Crippen MR) is 234 cm³/mol. The lowest BCUT2D eigenvalue weighted by Gasteiger charge is -2.35. The number of benzene rings is 8. The van der Waals surface area contributed by atoms with Gasteiger partial charge in [-0.25, -0.2) is 15.0 Å². The summed E-state index contributed by atoms with van der Waals surface area (Å²) in [4.78, 5) is 15.2. The van der Waals surface area contributed by atoms with Crippen LogP contribution in [0.5, 0.6) is 0 Å². The molecule has 5 heteroatoms. The van der Waals surface area contributed by atoms with Gasteiger partial charge in [-0.15, -0.1) is 0 Å². The molecule has 56 heavy (non-hydrogen) atoms. The van der Waals surface area contributed by atoms with Crippen LogP contribution in [0.4, 0.5) is 0 Å². The Morgan fingerprint density at radius 3 is 1.20 bits per heavy atom. The largest absolute Gasteiger partial charge is 0.309 e. The zero-order valence-electron chi connectivity index (χ0n) is 30.6. The number of hydrogen-bond acceptors (Lipinski definition) is 3. The van der Waals surface area contributed by atoms with Gasteiger partial charge in [-0.3, -0.25) is 0 Å². The van der Waals surface area contributed by atoms with E-state index in [1.807, 2.05) is 36.4 Å². The molecule has 0 fully saturated rings. The normalized spacial score (nSPS) is 11.6. The van der Waals surface area contributed by atoms with E-state index in [2.05, 4.69) is 187 Å². The van der Waals surface area contributed by atoms with Crippen LogP contribution in [0.3, 0.4) is 0 Å². The lowest BCUT2D eigenvalue weighted by atomic mass is 10.1. The summed E-state index contributed by atoms with van der Waals surface area (Å²) in [5, 5.41) is 7.63. The van der Waals surface area contributed by atoms with Gasteiger partial charge in [0.25, 0.3) is 0 Å². The molecule has 0 spiro atoms. The molecule has 0 aliphatic heterocycles. The van der Waals surface area contributed by atoms with Crippen molar-refractivity contribution < 1.29 is 0 Å². The lowest BCUT2D eigenvalue weighted by molar-refractivity contribution is 1.07. The van der Waals surface area contributed by atoms with Gasteiger partial charge in [-0.05, 0) is 45.0 Å². The first-order valence-electron chi connectivity index (χ1n) is 19.0. The third-order valence-electron chi connectivity index (χ3n) is 10.8. The minimum Gasteiger partial charge on any atom is -0.309 e. The molecule has 0 saturated heterocycles. The monoisotopic (exact) mass is 732 g/mol. The van der Waals surface area contributed by atoms with Gasteiger partial charge in [-0.1, -0.05) is 194 Å². The van der Waals surface area contributed by atoms with Crippen molar-refractivity contribution >= 4 is 50.6 Å². The molecule has 10 aromatic rings. The molecule has 0 saturated carbocycles. The van der Waals surface area contributed by atoms with Crippen molar-refractivity contribution in [1.29, 1.82) is 0 Å². The Kier molecular flexibility index (Phi) is 8.47. The molecule has 2 heterocycles. The number of aromatic nitrogens is 4. The van der Waals surface area contributed by atoms with E-state index >= 15 is 0 Å². The molecule has 0 aliphatic carbocycles. The minimum atomic E-state index is -2.98. The van der Waals surface area contributed by atoms with Crippen molar-refractivity contribution in [2.24, 2.45) is 0 Å². The van der Waals surface area contributed by atoms with E-state index in [0.29, 0.717) is 17.5 Å². The average Bonchev–Trinajstić information content (AvgIpc) is 3.63. The Balaban J connectivity index is 1.23. The standard InChI is InChI=1S/C51H36N4Si/c1-5-19-37(20-6-1)49-52-50(38-21-7-2-8-22-38)54-51(53-49)39-23-17-29-43(35-39)56(41-25-9-3-10-26-41,42-27-11-4-12-28-42)44-30-18-24-40(36-44)55-47-33-15-13-31-45(47)46-32-14-16-34-48(46)55/h1-36H. The first kappa shape index (κ1) is 33.4. The van der Waals surface area contributed by atoms with E-state index in [1.165, 1.54) is 42.6 Å². The lowest BCUT2D eigenvalue weighted by Crippen LogP contribution is -2.74. The van der Waals surface area contributed by atoms with Gasteiger partial charge >= 0.3 is 0 Å². The van der Waals surface area contributed by atoms with Gasteiger partial charge < -0.3 is 4.57 Å². The van der Waals surface area contributed by atoms with Crippen molar-refractivity contribution in [2.45, 2.75) is 0 Å². The quantitative estimate of drug-likeness (QED) is 0.116. The summed E-state index contributed by atoms with van der Waals surface area (Å²) >= 11 is 0. The second kappa shape index (κ2) is 14.2. The van der Waals surface area contributed by atoms with Gasteiger partial charge in [0.2, 0.25) is 0 Å².